The summed E-state index contributed by atoms with van der Waals surface area (Å²) in [6, 6.07) is 20.7. The minimum atomic E-state index is -0.221. The fourth-order valence-electron chi connectivity index (χ4n) is 3.07. The molecule has 0 aliphatic carbocycles. The Hall–Kier alpha value is -2.65. The number of rotatable bonds is 5. The highest BCUT2D eigenvalue weighted by molar-refractivity contribution is 5.95. The van der Waals surface area contributed by atoms with Gasteiger partial charge in [-0.25, -0.2) is 0 Å². The number of nitrogens with one attached hydrogen (secondary N) is 1. The fraction of sp³-hybridized carbons (Fsp3) is 0.261. The van der Waals surface area contributed by atoms with E-state index in [1.807, 2.05) is 46.0 Å². The van der Waals surface area contributed by atoms with Crippen molar-refractivity contribution in [1.29, 1.82) is 0 Å². The number of likely N-dealkylation sites (N-methyl/N-ethyl adjacent to an activating group) is 1. The molecule has 0 aliphatic rings. The minimum absolute atomic E-state index is 0.0157. The molecular weight excluding hydrogens is 320 g/mol. The van der Waals surface area contributed by atoms with E-state index >= 15 is 0 Å². The van der Waals surface area contributed by atoms with Crippen LogP contribution < -0.4 is 5.32 Å². The van der Waals surface area contributed by atoms with E-state index in [4.69, 9.17) is 0 Å². The number of anilines is 1. The number of carbonyl (C=O) groups excluding carboxylic acids is 1. The van der Waals surface area contributed by atoms with Crippen molar-refractivity contribution in [1.82, 2.24) is 4.90 Å². The molecule has 3 aromatic carbocycles. The van der Waals surface area contributed by atoms with Gasteiger partial charge in [0.1, 0.15) is 0 Å². The molecule has 0 fully saturated rings. The maximum Gasteiger partial charge on any atom is 0.241 e. The Balaban J connectivity index is 1.68. The summed E-state index contributed by atoms with van der Waals surface area (Å²) in [5.74, 6) is 0.0157. The molecule has 0 radical (unpaired) electrons. The van der Waals surface area contributed by atoms with Gasteiger partial charge in [0.25, 0.3) is 0 Å². The van der Waals surface area contributed by atoms with Gasteiger partial charge in [-0.15, -0.1) is 0 Å². The van der Waals surface area contributed by atoms with Gasteiger partial charge in [0.05, 0.1) is 6.04 Å². The van der Waals surface area contributed by atoms with Gasteiger partial charge < -0.3 is 5.32 Å². The lowest BCUT2D eigenvalue weighted by Crippen LogP contribution is -2.39. The van der Waals surface area contributed by atoms with Crippen LogP contribution in [0, 0.1) is 13.8 Å². The number of benzene rings is 3. The lowest BCUT2D eigenvalue weighted by molar-refractivity contribution is -0.120. The third kappa shape index (κ3) is 4.12. The largest absolute Gasteiger partial charge is 0.324 e. The molecule has 0 aliphatic heterocycles. The number of amides is 1. The zero-order valence-corrected chi connectivity index (χ0v) is 15.9. The maximum absolute atomic E-state index is 12.7. The first-order valence-corrected chi connectivity index (χ1v) is 9.00. The van der Waals surface area contributed by atoms with Crippen molar-refractivity contribution in [3.63, 3.8) is 0 Å². The summed E-state index contributed by atoms with van der Waals surface area (Å²) in [4.78, 5) is 14.7. The molecule has 0 bridgehead atoms. The first kappa shape index (κ1) is 18.2. The van der Waals surface area contributed by atoms with Crippen LogP contribution in [0.1, 0.15) is 23.6 Å². The third-order valence-corrected chi connectivity index (χ3v) is 4.94. The molecule has 0 saturated carbocycles. The summed E-state index contributed by atoms with van der Waals surface area (Å²) in [6.07, 6.45) is 0. The van der Waals surface area contributed by atoms with Crippen molar-refractivity contribution in [2.24, 2.45) is 0 Å². The summed E-state index contributed by atoms with van der Waals surface area (Å²) in [5, 5.41) is 5.53. The molecule has 1 atom stereocenters. The first-order valence-electron chi connectivity index (χ1n) is 9.00. The van der Waals surface area contributed by atoms with Crippen LogP contribution in [0.3, 0.4) is 0 Å². The van der Waals surface area contributed by atoms with Crippen molar-refractivity contribution in [2.75, 3.05) is 12.4 Å². The predicted octanol–water partition coefficient (Wildman–Crippen LogP) is 4.92. The van der Waals surface area contributed by atoms with E-state index in [0.29, 0.717) is 0 Å². The molecule has 3 heteroatoms. The first-order chi connectivity index (χ1) is 12.4. The Kier molecular flexibility index (Phi) is 5.38. The zero-order chi connectivity index (χ0) is 18.7. The van der Waals surface area contributed by atoms with E-state index in [1.165, 1.54) is 16.3 Å². The number of aryl methyl sites for hydroxylation is 2. The molecule has 0 saturated heterocycles. The molecule has 26 heavy (non-hydrogen) atoms. The third-order valence-electron chi connectivity index (χ3n) is 4.94. The average molecular weight is 346 g/mol. The highest BCUT2D eigenvalue weighted by atomic mass is 16.2. The van der Waals surface area contributed by atoms with Crippen LogP contribution in [0.15, 0.2) is 60.7 Å². The lowest BCUT2D eigenvalue weighted by Gasteiger charge is -2.24. The van der Waals surface area contributed by atoms with Gasteiger partial charge in [0.2, 0.25) is 5.91 Å². The molecule has 0 aromatic heterocycles. The van der Waals surface area contributed by atoms with Gasteiger partial charge in [0.15, 0.2) is 0 Å². The van der Waals surface area contributed by atoms with Crippen molar-refractivity contribution in [2.45, 2.75) is 33.4 Å². The Morgan fingerprint density at radius 3 is 2.50 bits per heavy atom. The standard InChI is InChI=1S/C23H26N2O/c1-16-9-10-17(2)22(13-16)24-23(26)18(3)25(4)15-19-11-12-20-7-5-6-8-21(20)14-19/h5-14,18H,15H2,1-4H3,(H,24,26). The van der Waals surface area contributed by atoms with Gasteiger partial charge in [-0.05, 0) is 67.4 Å². The lowest BCUT2D eigenvalue weighted by atomic mass is 10.1. The number of hydrogen-bond donors (Lipinski definition) is 1. The van der Waals surface area contributed by atoms with Gasteiger partial charge in [-0.2, -0.15) is 0 Å². The van der Waals surface area contributed by atoms with Crippen molar-refractivity contribution >= 4 is 22.4 Å². The van der Waals surface area contributed by atoms with Crippen LogP contribution >= 0.6 is 0 Å². The van der Waals surface area contributed by atoms with Crippen LogP contribution in [-0.2, 0) is 11.3 Å². The Morgan fingerprint density at radius 2 is 1.73 bits per heavy atom. The number of fused-ring (bicyclic) bond motifs is 1. The van der Waals surface area contributed by atoms with Crippen molar-refractivity contribution < 1.29 is 4.79 Å². The molecule has 3 nitrogen and oxygen atoms in total. The quantitative estimate of drug-likeness (QED) is 0.711. The monoisotopic (exact) mass is 346 g/mol. The second-order valence-electron chi connectivity index (χ2n) is 7.08. The highest BCUT2D eigenvalue weighted by Gasteiger charge is 2.19. The SMILES string of the molecule is Cc1ccc(C)c(NC(=O)C(C)N(C)Cc2ccc3ccccc3c2)c1. The summed E-state index contributed by atoms with van der Waals surface area (Å²) >= 11 is 0. The van der Waals surface area contributed by atoms with E-state index in [0.717, 1.165) is 23.4 Å². The molecular formula is C23H26N2O. The van der Waals surface area contributed by atoms with E-state index in [2.05, 4.69) is 52.7 Å². The topological polar surface area (TPSA) is 32.3 Å². The molecule has 0 spiro atoms. The van der Waals surface area contributed by atoms with E-state index in [-0.39, 0.29) is 11.9 Å². The van der Waals surface area contributed by atoms with Crippen LogP contribution in [0.4, 0.5) is 5.69 Å². The molecule has 1 unspecified atom stereocenters. The van der Waals surface area contributed by atoms with Gasteiger partial charge in [-0.3, -0.25) is 9.69 Å². The minimum Gasteiger partial charge on any atom is -0.324 e. The Morgan fingerprint density at radius 1 is 1.00 bits per heavy atom. The smallest absolute Gasteiger partial charge is 0.241 e. The van der Waals surface area contributed by atoms with E-state index < -0.39 is 0 Å². The van der Waals surface area contributed by atoms with Crippen LogP contribution in [0.5, 0.6) is 0 Å². The second kappa shape index (κ2) is 7.71. The summed E-state index contributed by atoms with van der Waals surface area (Å²) < 4.78 is 0. The van der Waals surface area contributed by atoms with Gasteiger partial charge >= 0.3 is 0 Å². The summed E-state index contributed by atoms with van der Waals surface area (Å²) in [5.41, 5.74) is 4.31. The molecule has 0 heterocycles. The maximum atomic E-state index is 12.7. The number of hydrogen-bond acceptors (Lipinski definition) is 2. The molecule has 1 N–H and O–H groups in total. The van der Waals surface area contributed by atoms with Crippen LogP contribution in [0.2, 0.25) is 0 Å². The van der Waals surface area contributed by atoms with E-state index in [9.17, 15) is 4.79 Å². The Bertz CT molecular complexity index is 932. The predicted molar refractivity (Wildman–Crippen MR) is 109 cm³/mol. The zero-order valence-electron chi connectivity index (χ0n) is 15.9. The van der Waals surface area contributed by atoms with Crippen LogP contribution in [0.25, 0.3) is 10.8 Å². The number of carbonyl (C=O) groups is 1. The van der Waals surface area contributed by atoms with Crippen molar-refractivity contribution in [3.05, 3.63) is 77.4 Å². The second-order valence-corrected chi connectivity index (χ2v) is 7.08. The van der Waals surface area contributed by atoms with Crippen LogP contribution in [-0.4, -0.2) is 23.9 Å². The molecule has 3 aromatic rings. The van der Waals surface area contributed by atoms with Gasteiger partial charge in [-0.1, -0.05) is 48.5 Å². The molecule has 134 valence electrons. The summed E-state index contributed by atoms with van der Waals surface area (Å²) in [7, 11) is 1.99. The highest BCUT2D eigenvalue weighted by Crippen LogP contribution is 2.19. The van der Waals surface area contributed by atoms with Crippen molar-refractivity contribution in [3.8, 4) is 0 Å². The normalized spacial score (nSPS) is 12.3. The van der Waals surface area contributed by atoms with E-state index in [1.54, 1.807) is 0 Å². The summed E-state index contributed by atoms with van der Waals surface area (Å²) in [6.45, 7) is 6.72. The molecule has 3 rings (SSSR count). The average Bonchev–Trinajstić information content (AvgIpc) is 2.64. The number of nitrogens with zero attached hydrogens (tertiary/aromatic N) is 1. The molecule has 1 amide bonds. The van der Waals surface area contributed by atoms with Gasteiger partial charge in [0, 0.05) is 12.2 Å². The fourth-order valence-corrected chi connectivity index (χ4v) is 3.07. The Labute approximate surface area is 155 Å².